The van der Waals surface area contributed by atoms with Crippen molar-refractivity contribution in [2.45, 2.75) is 29.6 Å². The third-order valence-electron chi connectivity index (χ3n) is 6.12. The molecule has 3 fully saturated rings. The molecule has 4 heterocycles. The second kappa shape index (κ2) is 8.63. The smallest absolute Gasteiger partial charge is 0.250 e. The van der Waals surface area contributed by atoms with Crippen LogP contribution in [0.25, 0.3) is 0 Å². The molecule has 0 radical (unpaired) electrons. The van der Waals surface area contributed by atoms with Crippen LogP contribution in [0.3, 0.4) is 0 Å². The zero-order valence-electron chi connectivity index (χ0n) is 16.3. The molecule has 1 aromatic heterocycles. The SMILES string of the molecule is CN(Cc1ccccc1)C[C@@H]1CN2CC[C@H]1C[C@@H]2CNS(=O)(=O)c1cccs1. The van der Waals surface area contributed by atoms with Crippen LogP contribution in [0.1, 0.15) is 18.4 Å². The number of hydrogen-bond donors (Lipinski definition) is 1. The molecule has 1 unspecified atom stereocenters. The summed E-state index contributed by atoms with van der Waals surface area (Å²) in [6.45, 7) is 4.77. The fourth-order valence-electron chi connectivity index (χ4n) is 4.72. The molecule has 1 aromatic carbocycles. The molecule has 5 nitrogen and oxygen atoms in total. The van der Waals surface area contributed by atoms with Gasteiger partial charge >= 0.3 is 0 Å². The van der Waals surface area contributed by atoms with Gasteiger partial charge in [0.25, 0.3) is 0 Å². The minimum Gasteiger partial charge on any atom is -0.302 e. The van der Waals surface area contributed by atoms with Crippen LogP contribution in [0.2, 0.25) is 0 Å². The molecular formula is C21H29N3O2S2. The first-order chi connectivity index (χ1) is 13.5. The lowest BCUT2D eigenvalue weighted by molar-refractivity contribution is -0.00822. The Bertz CT molecular complexity index is 855. The summed E-state index contributed by atoms with van der Waals surface area (Å²) in [7, 11) is -1.16. The Balaban J connectivity index is 1.29. The van der Waals surface area contributed by atoms with Crippen molar-refractivity contribution in [2.24, 2.45) is 11.8 Å². The highest BCUT2D eigenvalue weighted by Crippen LogP contribution is 2.36. The topological polar surface area (TPSA) is 52.6 Å². The Kier molecular flexibility index (Phi) is 6.18. The standard InChI is InChI=1S/C21H29N3O2S2/c1-23(14-17-6-3-2-4-7-17)15-19-16-24-10-9-18(19)12-20(24)13-22-28(25,26)21-8-5-11-27-21/h2-8,11,18-20,22H,9-10,12-16H2,1H3/t18-,19+,20+/m0/s1. The van der Waals surface area contributed by atoms with Gasteiger partial charge in [-0.2, -0.15) is 0 Å². The van der Waals surface area contributed by atoms with E-state index in [4.69, 9.17) is 0 Å². The summed E-state index contributed by atoms with van der Waals surface area (Å²) in [5.74, 6) is 1.37. The number of benzene rings is 1. The Morgan fingerprint density at radius 1 is 1.21 bits per heavy atom. The Hall–Kier alpha value is -1.25. The molecule has 1 N–H and O–H groups in total. The van der Waals surface area contributed by atoms with E-state index in [1.807, 2.05) is 0 Å². The lowest BCUT2D eigenvalue weighted by Crippen LogP contribution is -2.58. The molecule has 152 valence electrons. The third kappa shape index (κ3) is 4.66. The molecule has 28 heavy (non-hydrogen) atoms. The van der Waals surface area contributed by atoms with Gasteiger partial charge in [0.15, 0.2) is 0 Å². The minimum absolute atomic E-state index is 0.323. The molecule has 2 bridgehead atoms. The summed E-state index contributed by atoms with van der Waals surface area (Å²) in [5, 5.41) is 1.80. The maximum absolute atomic E-state index is 12.4. The van der Waals surface area contributed by atoms with Gasteiger partial charge in [0.1, 0.15) is 4.21 Å². The first kappa shape index (κ1) is 20.0. The van der Waals surface area contributed by atoms with Crippen LogP contribution < -0.4 is 4.72 Å². The molecule has 0 spiro atoms. The van der Waals surface area contributed by atoms with Gasteiger partial charge in [0.05, 0.1) is 0 Å². The van der Waals surface area contributed by atoms with E-state index < -0.39 is 10.0 Å². The number of piperidine rings is 3. The van der Waals surface area contributed by atoms with Crippen molar-refractivity contribution >= 4 is 21.4 Å². The van der Waals surface area contributed by atoms with Crippen molar-refractivity contribution in [1.82, 2.24) is 14.5 Å². The van der Waals surface area contributed by atoms with Crippen LogP contribution in [0.15, 0.2) is 52.1 Å². The van der Waals surface area contributed by atoms with E-state index in [1.165, 1.54) is 23.3 Å². The molecule has 3 saturated heterocycles. The Morgan fingerprint density at radius 3 is 2.71 bits per heavy atom. The summed E-state index contributed by atoms with van der Waals surface area (Å²) in [4.78, 5) is 4.92. The molecule has 2 aromatic rings. The van der Waals surface area contributed by atoms with Gasteiger partial charge in [-0.25, -0.2) is 13.1 Å². The van der Waals surface area contributed by atoms with Crippen LogP contribution in [0.5, 0.6) is 0 Å². The number of fused-ring (bicyclic) bond motifs is 3. The second-order valence-corrected chi connectivity index (χ2v) is 11.1. The first-order valence-corrected chi connectivity index (χ1v) is 12.4. The van der Waals surface area contributed by atoms with Gasteiger partial charge in [-0.3, -0.25) is 4.90 Å². The molecular weight excluding hydrogens is 390 g/mol. The highest BCUT2D eigenvalue weighted by molar-refractivity contribution is 7.91. The lowest BCUT2D eigenvalue weighted by atomic mass is 9.75. The number of nitrogens with one attached hydrogen (secondary N) is 1. The van der Waals surface area contributed by atoms with Crippen molar-refractivity contribution in [3.8, 4) is 0 Å². The maximum Gasteiger partial charge on any atom is 0.250 e. The van der Waals surface area contributed by atoms with Crippen LogP contribution in [0, 0.1) is 11.8 Å². The average Bonchev–Trinajstić information content (AvgIpc) is 3.24. The number of rotatable bonds is 8. The zero-order chi connectivity index (χ0) is 19.6. The Labute approximate surface area is 172 Å². The number of sulfonamides is 1. The highest BCUT2D eigenvalue weighted by atomic mass is 32.2. The van der Waals surface area contributed by atoms with E-state index in [0.29, 0.717) is 28.6 Å². The van der Waals surface area contributed by atoms with Gasteiger partial charge in [0, 0.05) is 32.2 Å². The summed E-state index contributed by atoms with van der Waals surface area (Å²) in [6.07, 6.45) is 2.33. The normalized spacial score (nSPS) is 27.4. The zero-order valence-corrected chi connectivity index (χ0v) is 18.0. The molecule has 3 aliphatic rings. The number of hydrogen-bond acceptors (Lipinski definition) is 5. The average molecular weight is 420 g/mol. The maximum atomic E-state index is 12.4. The predicted octanol–water partition coefficient (Wildman–Crippen LogP) is 2.87. The first-order valence-electron chi connectivity index (χ1n) is 10.0. The van der Waals surface area contributed by atoms with E-state index >= 15 is 0 Å². The molecule has 0 amide bonds. The van der Waals surface area contributed by atoms with Crippen LogP contribution in [-0.2, 0) is 16.6 Å². The molecule has 5 rings (SSSR count). The van der Waals surface area contributed by atoms with Crippen molar-refractivity contribution in [1.29, 1.82) is 0 Å². The van der Waals surface area contributed by atoms with Crippen molar-refractivity contribution in [3.63, 3.8) is 0 Å². The predicted molar refractivity (Wildman–Crippen MR) is 114 cm³/mol. The van der Waals surface area contributed by atoms with E-state index in [9.17, 15) is 8.42 Å². The summed E-state index contributed by atoms with van der Waals surface area (Å²) in [6, 6.07) is 14.4. The molecule has 7 heteroatoms. The fourth-order valence-corrected chi connectivity index (χ4v) is 6.83. The minimum atomic E-state index is -3.37. The van der Waals surface area contributed by atoms with E-state index in [2.05, 4.69) is 51.9 Å². The third-order valence-corrected chi connectivity index (χ3v) is 8.95. The summed E-state index contributed by atoms with van der Waals surface area (Å²) >= 11 is 1.27. The summed E-state index contributed by atoms with van der Waals surface area (Å²) < 4.78 is 28.0. The van der Waals surface area contributed by atoms with Crippen molar-refractivity contribution in [3.05, 3.63) is 53.4 Å². The van der Waals surface area contributed by atoms with Crippen molar-refractivity contribution in [2.75, 3.05) is 33.2 Å². The monoisotopic (exact) mass is 419 g/mol. The van der Waals surface area contributed by atoms with Crippen LogP contribution in [0.4, 0.5) is 0 Å². The Morgan fingerprint density at radius 2 is 2.04 bits per heavy atom. The van der Waals surface area contributed by atoms with Gasteiger partial charge in [-0.05, 0) is 55.3 Å². The van der Waals surface area contributed by atoms with E-state index in [-0.39, 0.29) is 0 Å². The molecule has 0 saturated carbocycles. The summed E-state index contributed by atoms with van der Waals surface area (Å²) in [5.41, 5.74) is 1.35. The highest BCUT2D eigenvalue weighted by Gasteiger charge is 2.40. The van der Waals surface area contributed by atoms with Crippen LogP contribution in [-0.4, -0.2) is 57.5 Å². The van der Waals surface area contributed by atoms with Crippen LogP contribution >= 0.6 is 11.3 Å². The van der Waals surface area contributed by atoms with E-state index in [0.717, 1.165) is 32.6 Å². The van der Waals surface area contributed by atoms with Crippen molar-refractivity contribution < 1.29 is 8.42 Å². The molecule has 3 aliphatic heterocycles. The van der Waals surface area contributed by atoms with Gasteiger partial charge < -0.3 is 4.90 Å². The van der Waals surface area contributed by atoms with E-state index in [1.54, 1.807) is 17.5 Å². The van der Waals surface area contributed by atoms with Gasteiger partial charge in [0.2, 0.25) is 10.0 Å². The van der Waals surface area contributed by atoms with Gasteiger partial charge in [-0.1, -0.05) is 36.4 Å². The van der Waals surface area contributed by atoms with Gasteiger partial charge in [-0.15, -0.1) is 11.3 Å². The largest absolute Gasteiger partial charge is 0.302 e. The molecule has 0 aliphatic carbocycles. The second-order valence-electron chi connectivity index (χ2n) is 8.16. The fraction of sp³-hybridized carbons (Fsp3) is 0.524. The lowest BCUT2D eigenvalue weighted by Gasteiger charge is -2.50. The quantitative estimate of drug-likeness (QED) is 0.715. The number of thiophene rings is 1. The molecule has 4 atom stereocenters. The number of nitrogens with zero attached hydrogens (tertiary/aromatic N) is 2.